The van der Waals surface area contributed by atoms with Crippen molar-refractivity contribution in [1.29, 1.82) is 0 Å². The molecule has 0 unspecified atom stereocenters. The average Bonchev–Trinajstić information content (AvgIpc) is 2.49. The Morgan fingerprint density at radius 3 is 1.58 bits per heavy atom. The van der Waals surface area contributed by atoms with Gasteiger partial charge in [0.15, 0.2) is 0 Å². The first kappa shape index (κ1) is 11.6. The molecule has 0 aliphatic rings. The second-order valence-electron chi connectivity index (χ2n) is 4.41. The molecule has 0 aliphatic carbocycles. The molecule has 1 aromatic carbocycles. The summed E-state index contributed by atoms with van der Waals surface area (Å²) in [6.07, 6.45) is 3.64. The van der Waals surface area contributed by atoms with E-state index in [0.717, 1.165) is 22.5 Å². The molecule has 19 heavy (non-hydrogen) atoms. The molecule has 0 amide bonds. The number of aromatic nitrogens is 2. The van der Waals surface area contributed by atoms with Crippen LogP contribution in [-0.4, -0.2) is 9.97 Å². The summed E-state index contributed by atoms with van der Waals surface area (Å²) < 4.78 is 0. The first-order valence-corrected chi connectivity index (χ1v) is 6.28. The van der Waals surface area contributed by atoms with Gasteiger partial charge < -0.3 is 0 Å². The number of hydrogen-bond acceptors (Lipinski definition) is 2. The quantitative estimate of drug-likeness (QED) is 0.679. The Morgan fingerprint density at radius 1 is 0.632 bits per heavy atom. The van der Waals surface area contributed by atoms with Gasteiger partial charge in [-0.2, -0.15) is 0 Å². The lowest BCUT2D eigenvalue weighted by molar-refractivity contribution is 1.28. The Balaban J connectivity index is 2.15. The van der Waals surface area contributed by atoms with Crippen LogP contribution in [0, 0.1) is 6.92 Å². The van der Waals surface area contributed by atoms with Gasteiger partial charge >= 0.3 is 0 Å². The van der Waals surface area contributed by atoms with E-state index in [9.17, 15) is 0 Å². The van der Waals surface area contributed by atoms with Crippen molar-refractivity contribution >= 4 is 0 Å². The molecule has 0 atom stereocenters. The SMILES string of the molecule is Cc1c(-c2ccccn2)cccc1-c1ccccn1. The average molecular weight is 246 g/mol. The van der Waals surface area contributed by atoms with E-state index in [-0.39, 0.29) is 0 Å². The second kappa shape index (κ2) is 5.02. The van der Waals surface area contributed by atoms with Gasteiger partial charge in [-0.3, -0.25) is 9.97 Å². The number of pyridine rings is 2. The molecule has 2 heterocycles. The molecule has 2 aromatic heterocycles. The van der Waals surface area contributed by atoms with Crippen LogP contribution in [0.1, 0.15) is 5.56 Å². The van der Waals surface area contributed by atoms with Gasteiger partial charge in [0, 0.05) is 23.5 Å². The third kappa shape index (κ3) is 2.25. The molecule has 3 aromatic rings. The number of nitrogens with zero attached hydrogens (tertiary/aromatic N) is 2. The number of rotatable bonds is 2. The normalized spacial score (nSPS) is 10.4. The van der Waals surface area contributed by atoms with Crippen molar-refractivity contribution < 1.29 is 0 Å². The van der Waals surface area contributed by atoms with Gasteiger partial charge in [-0.05, 0) is 36.8 Å². The smallest absolute Gasteiger partial charge is 0.0704 e. The predicted octanol–water partition coefficient (Wildman–Crippen LogP) is 4.12. The molecule has 0 aliphatic heterocycles. The first-order valence-electron chi connectivity index (χ1n) is 6.28. The second-order valence-corrected chi connectivity index (χ2v) is 4.41. The van der Waals surface area contributed by atoms with Crippen LogP contribution < -0.4 is 0 Å². The minimum atomic E-state index is 0.998. The van der Waals surface area contributed by atoms with E-state index in [1.54, 1.807) is 0 Å². The summed E-state index contributed by atoms with van der Waals surface area (Å²) in [4.78, 5) is 8.85. The lowest BCUT2D eigenvalue weighted by Crippen LogP contribution is -1.91. The van der Waals surface area contributed by atoms with Gasteiger partial charge in [-0.15, -0.1) is 0 Å². The molecule has 0 saturated heterocycles. The molecule has 2 heteroatoms. The fraction of sp³-hybridized carbons (Fsp3) is 0.0588. The Morgan fingerprint density at radius 2 is 1.16 bits per heavy atom. The summed E-state index contributed by atoms with van der Waals surface area (Å²) in [7, 11) is 0. The molecule has 0 radical (unpaired) electrons. The monoisotopic (exact) mass is 246 g/mol. The molecule has 2 nitrogen and oxygen atoms in total. The zero-order valence-corrected chi connectivity index (χ0v) is 10.7. The van der Waals surface area contributed by atoms with Gasteiger partial charge in [0.2, 0.25) is 0 Å². The van der Waals surface area contributed by atoms with Crippen molar-refractivity contribution in [2.75, 3.05) is 0 Å². The summed E-state index contributed by atoms with van der Waals surface area (Å²) in [5.41, 5.74) is 5.52. The van der Waals surface area contributed by atoms with Crippen molar-refractivity contribution in [2.24, 2.45) is 0 Å². The highest BCUT2D eigenvalue weighted by Crippen LogP contribution is 2.29. The highest BCUT2D eigenvalue weighted by Gasteiger charge is 2.08. The number of benzene rings is 1. The van der Waals surface area contributed by atoms with Crippen LogP contribution in [0.5, 0.6) is 0 Å². The minimum Gasteiger partial charge on any atom is -0.256 e. The summed E-state index contributed by atoms with van der Waals surface area (Å²) >= 11 is 0. The standard InChI is InChI=1S/C17H14N2/c1-13-14(16-9-2-4-11-18-16)7-6-8-15(13)17-10-3-5-12-19-17/h2-12H,1H3. The zero-order valence-electron chi connectivity index (χ0n) is 10.7. The van der Waals surface area contributed by atoms with Gasteiger partial charge in [0.05, 0.1) is 11.4 Å². The fourth-order valence-corrected chi connectivity index (χ4v) is 2.23. The highest BCUT2D eigenvalue weighted by atomic mass is 14.7. The van der Waals surface area contributed by atoms with Crippen molar-refractivity contribution in [1.82, 2.24) is 9.97 Å². The van der Waals surface area contributed by atoms with Crippen LogP contribution in [-0.2, 0) is 0 Å². The van der Waals surface area contributed by atoms with Crippen LogP contribution in [0.2, 0.25) is 0 Å². The van der Waals surface area contributed by atoms with E-state index in [2.05, 4.69) is 35.1 Å². The lowest BCUT2D eigenvalue weighted by atomic mass is 9.97. The van der Waals surface area contributed by atoms with Crippen molar-refractivity contribution in [3.8, 4) is 22.5 Å². The molecule has 92 valence electrons. The summed E-state index contributed by atoms with van der Waals surface area (Å²) in [5, 5.41) is 0. The van der Waals surface area contributed by atoms with E-state index >= 15 is 0 Å². The minimum absolute atomic E-state index is 0.998. The van der Waals surface area contributed by atoms with Gasteiger partial charge in [0.1, 0.15) is 0 Å². The molecule has 3 rings (SSSR count). The number of hydrogen-bond donors (Lipinski definition) is 0. The molecular formula is C17H14N2. The Hall–Kier alpha value is -2.48. The van der Waals surface area contributed by atoms with Crippen LogP contribution in [0.15, 0.2) is 67.0 Å². The zero-order chi connectivity index (χ0) is 13.1. The van der Waals surface area contributed by atoms with E-state index < -0.39 is 0 Å². The Labute approximate surface area is 112 Å². The maximum atomic E-state index is 4.42. The van der Waals surface area contributed by atoms with Crippen molar-refractivity contribution in [3.05, 3.63) is 72.6 Å². The van der Waals surface area contributed by atoms with E-state index in [1.165, 1.54) is 5.56 Å². The first-order chi connectivity index (χ1) is 9.36. The molecular weight excluding hydrogens is 232 g/mol. The molecule has 0 fully saturated rings. The van der Waals surface area contributed by atoms with Crippen LogP contribution >= 0.6 is 0 Å². The molecule has 0 N–H and O–H groups in total. The van der Waals surface area contributed by atoms with Gasteiger partial charge in [0.25, 0.3) is 0 Å². The van der Waals surface area contributed by atoms with Crippen LogP contribution in [0.3, 0.4) is 0 Å². The Bertz CT molecular complexity index is 618. The molecule has 0 saturated carbocycles. The third-order valence-electron chi connectivity index (χ3n) is 3.22. The van der Waals surface area contributed by atoms with E-state index in [4.69, 9.17) is 0 Å². The summed E-state index contributed by atoms with van der Waals surface area (Å²) in [6.45, 7) is 2.12. The van der Waals surface area contributed by atoms with E-state index in [0.29, 0.717) is 0 Å². The largest absolute Gasteiger partial charge is 0.256 e. The van der Waals surface area contributed by atoms with Crippen molar-refractivity contribution in [3.63, 3.8) is 0 Å². The summed E-state index contributed by atoms with van der Waals surface area (Å²) in [6, 6.07) is 18.2. The van der Waals surface area contributed by atoms with E-state index in [1.807, 2.05) is 48.8 Å². The highest BCUT2D eigenvalue weighted by molar-refractivity contribution is 5.74. The maximum absolute atomic E-state index is 4.42. The molecule has 0 bridgehead atoms. The van der Waals surface area contributed by atoms with Crippen LogP contribution in [0.4, 0.5) is 0 Å². The van der Waals surface area contributed by atoms with Gasteiger partial charge in [-0.1, -0.05) is 30.3 Å². The predicted molar refractivity (Wildman–Crippen MR) is 77.6 cm³/mol. The van der Waals surface area contributed by atoms with Gasteiger partial charge in [-0.25, -0.2) is 0 Å². The van der Waals surface area contributed by atoms with Crippen molar-refractivity contribution in [2.45, 2.75) is 6.92 Å². The molecule has 0 spiro atoms. The fourth-order valence-electron chi connectivity index (χ4n) is 2.23. The Kier molecular flexibility index (Phi) is 3.07. The summed E-state index contributed by atoms with van der Waals surface area (Å²) in [5.74, 6) is 0. The van der Waals surface area contributed by atoms with Crippen LogP contribution in [0.25, 0.3) is 22.5 Å². The lowest BCUT2D eigenvalue weighted by Gasteiger charge is -2.10. The maximum Gasteiger partial charge on any atom is 0.0704 e. The topological polar surface area (TPSA) is 25.8 Å². The third-order valence-corrected chi connectivity index (χ3v) is 3.22.